The molecule has 0 aromatic heterocycles. The van der Waals surface area contributed by atoms with Crippen molar-refractivity contribution in [1.29, 1.82) is 0 Å². The van der Waals surface area contributed by atoms with Crippen LogP contribution in [0.15, 0.2) is 48.6 Å². The van der Waals surface area contributed by atoms with Crippen LogP contribution in [-0.4, -0.2) is 38.4 Å². The van der Waals surface area contributed by atoms with Crippen LogP contribution in [0.4, 0.5) is 10.1 Å². The summed E-state index contributed by atoms with van der Waals surface area (Å²) in [5, 5.41) is 0. The van der Waals surface area contributed by atoms with Gasteiger partial charge in [0.2, 0.25) is 11.8 Å². The molecule has 2 aromatic rings. The van der Waals surface area contributed by atoms with Crippen molar-refractivity contribution in [2.24, 2.45) is 35.5 Å². The molecule has 0 radical (unpaired) electrons. The minimum absolute atomic E-state index is 0.0685. The number of anilines is 1. The van der Waals surface area contributed by atoms with E-state index in [1.165, 1.54) is 26.4 Å². The topological polar surface area (TPSA) is 82.1 Å². The van der Waals surface area contributed by atoms with Gasteiger partial charge in [0.05, 0.1) is 31.7 Å². The molecule has 0 N–H and O–H groups in total. The second-order valence-corrected chi connectivity index (χ2v) is 9.56. The molecule has 2 amide bonds. The Bertz CT molecular complexity index is 1250. The molecule has 1 heterocycles. The van der Waals surface area contributed by atoms with Gasteiger partial charge in [-0.1, -0.05) is 12.2 Å². The number of hydrogen-bond donors (Lipinski definition) is 0. The molecule has 0 spiro atoms. The predicted molar refractivity (Wildman–Crippen MR) is 123 cm³/mol. The molecule has 7 nitrogen and oxygen atoms in total. The molecule has 5 aliphatic rings. The molecule has 1 aliphatic heterocycles. The predicted octanol–water partition coefficient (Wildman–Crippen LogP) is 3.66. The maximum atomic E-state index is 15.1. The van der Waals surface area contributed by atoms with Crippen molar-refractivity contribution in [2.75, 3.05) is 25.7 Å². The number of carbonyl (C=O) groups excluding carboxylic acids is 3. The van der Waals surface area contributed by atoms with Gasteiger partial charge in [-0.3, -0.25) is 14.4 Å². The first kappa shape index (κ1) is 21.8. The number of ketones is 1. The van der Waals surface area contributed by atoms with Crippen molar-refractivity contribution in [1.82, 2.24) is 0 Å². The van der Waals surface area contributed by atoms with E-state index in [4.69, 9.17) is 14.2 Å². The van der Waals surface area contributed by atoms with E-state index < -0.39 is 17.7 Å². The normalized spacial score (nSPS) is 29.6. The van der Waals surface area contributed by atoms with Gasteiger partial charge in [-0.25, -0.2) is 9.29 Å². The number of amides is 2. The van der Waals surface area contributed by atoms with Gasteiger partial charge in [0.15, 0.2) is 29.7 Å². The summed E-state index contributed by atoms with van der Waals surface area (Å²) in [4.78, 5) is 40.0. The number of benzene rings is 2. The van der Waals surface area contributed by atoms with Gasteiger partial charge in [0, 0.05) is 11.6 Å². The number of carbonyl (C=O) groups is 3. The molecule has 7 rings (SSSR count). The second-order valence-electron chi connectivity index (χ2n) is 9.56. The van der Waals surface area contributed by atoms with Crippen LogP contribution >= 0.6 is 0 Å². The molecule has 8 heteroatoms. The van der Waals surface area contributed by atoms with Crippen LogP contribution in [0.5, 0.6) is 17.2 Å². The Kier molecular flexibility index (Phi) is 4.95. The van der Waals surface area contributed by atoms with Gasteiger partial charge in [-0.05, 0) is 60.4 Å². The van der Waals surface area contributed by atoms with Crippen molar-refractivity contribution < 1.29 is 33.0 Å². The quantitative estimate of drug-likeness (QED) is 0.344. The lowest BCUT2D eigenvalue weighted by atomic mass is 9.63. The van der Waals surface area contributed by atoms with Crippen LogP contribution in [0.1, 0.15) is 16.8 Å². The number of methoxy groups -OCH3 is 2. The first-order valence-electron chi connectivity index (χ1n) is 11.7. The lowest BCUT2D eigenvalue weighted by Gasteiger charge is -2.37. The Morgan fingerprint density at radius 1 is 0.943 bits per heavy atom. The number of ether oxygens (including phenoxy) is 3. The first-order chi connectivity index (χ1) is 16.9. The van der Waals surface area contributed by atoms with Gasteiger partial charge in [0.25, 0.3) is 0 Å². The van der Waals surface area contributed by atoms with Crippen LogP contribution in [0, 0.1) is 41.3 Å². The number of nitrogens with zero attached hydrogens (tertiary/aromatic N) is 1. The van der Waals surface area contributed by atoms with E-state index in [9.17, 15) is 14.4 Å². The van der Waals surface area contributed by atoms with E-state index in [-0.39, 0.29) is 47.5 Å². The van der Waals surface area contributed by atoms with Crippen LogP contribution < -0.4 is 19.1 Å². The molecule has 3 fully saturated rings. The smallest absolute Gasteiger partial charge is 0.238 e. The Balaban J connectivity index is 1.17. The van der Waals surface area contributed by atoms with E-state index in [0.29, 0.717) is 28.9 Å². The Labute approximate surface area is 201 Å². The number of halogens is 1. The van der Waals surface area contributed by atoms with Gasteiger partial charge >= 0.3 is 0 Å². The number of allylic oxidation sites excluding steroid dienone is 2. The Morgan fingerprint density at radius 2 is 1.60 bits per heavy atom. The molecule has 2 aromatic carbocycles. The third kappa shape index (κ3) is 3.26. The van der Waals surface area contributed by atoms with Crippen molar-refractivity contribution in [3.05, 3.63) is 59.9 Å². The fourth-order valence-electron chi connectivity index (χ4n) is 6.20. The highest BCUT2D eigenvalue weighted by Gasteiger charge is 2.67. The lowest BCUT2D eigenvalue weighted by molar-refractivity contribution is -0.124. The summed E-state index contributed by atoms with van der Waals surface area (Å²) in [6.07, 6.45) is 5.23. The molecule has 0 unspecified atom stereocenters. The summed E-state index contributed by atoms with van der Waals surface area (Å²) in [6, 6.07) is 8.69. The highest BCUT2D eigenvalue weighted by atomic mass is 19.1. The van der Waals surface area contributed by atoms with Crippen LogP contribution in [-0.2, 0) is 9.59 Å². The summed E-state index contributed by atoms with van der Waals surface area (Å²) in [7, 11) is 2.98. The molecular weight excluding hydrogens is 453 g/mol. The summed E-state index contributed by atoms with van der Waals surface area (Å²) in [6.45, 7) is -0.322. The number of imide groups is 1. The van der Waals surface area contributed by atoms with Gasteiger partial charge in [-0.15, -0.1) is 0 Å². The maximum absolute atomic E-state index is 15.1. The molecule has 2 bridgehead atoms. The van der Waals surface area contributed by atoms with Crippen molar-refractivity contribution >= 4 is 23.3 Å². The van der Waals surface area contributed by atoms with Gasteiger partial charge < -0.3 is 14.2 Å². The van der Waals surface area contributed by atoms with E-state index in [1.807, 2.05) is 0 Å². The van der Waals surface area contributed by atoms with E-state index in [1.54, 1.807) is 18.2 Å². The first-order valence-corrected chi connectivity index (χ1v) is 11.7. The molecule has 35 heavy (non-hydrogen) atoms. The Morgan fingerprint density at radius 3 is 2.20 bits per heavy atom. The molecule has 1 saturated heterocycles. The van der Waals surface area contributed by atoms with Crippen molar-refractivity contribution in [3.8, 4) is 17.2 Å². The number of rotatable bonds is 7. The average Bonchev–Trinajstić information content (AvgIpc) is 3.66. The van der Waals surface area contributed by atoms with E-state index >= 15 is 4.39 Å². The SMILES string of the molecule is COc1ccc(C(=O)COc2ccc(N3C(=O)[C@@H]4[C@@H]5C=C[C@@H]([C@H]6C[C@@H]56)[C@@H]4C3=O)c(F)c2)cc1OC. The summed E-state index contributed by atoms with van der Waals surface area (Å²) < 4.78 is 31.0. The zero-order valence-corrected chi connectivity index (χ0v) is 19.3. The lowest BCUT2D eigenvalue weighted by Crippen LogP contribution is -2.40. The molecule has 2 saturated carbocycles. The van der Waals surface area contributed by atoms with E-state index in [0.717, 1.165) is 17.4 Å². The third-order valence-corrected chi connectivity index (χ3v) is 7.90. The fourth-order valence-corrected chi connectivity index (χ4v) is 6.20. The monoisotopic (exact) mass is 477 g/mol. The van der Waals surface area contributed by atoms with Crippen molar-refractivity contribution in [3.63, 3.8) is 0 Å². The minimum Gasteiger partial charge on any atom is -0.493 e. The van der Waals surface area contributed by atoms with Crippen LogP contribution in [0.25, 0.3) is 0 Å². The summed E-state index contributed by atoms with van der Waals surface area (Å²) in [5.41, 5.74) is 0.290. The Hall–Kier alpha value is -3.68. The highest BCUT2D eigenvalue weighted by molar-refractivity contribution is 6.22. The zero-order chi connectivity index (χ0) is 24.4. The molecule has 4 aliphatic carbocycles. The zero-order valence-electron chi connectivity index (χ0n) is 19.3. The maximum Gasteiger partial charge on any atom is 0.238 e. The van der Waals surface area contributed by atoms with Crippen molar-refractivity contribution in [2.45, 2.75) is 6.42 Å². The van der Waals surface area contributed by atoms with Crippen LogP contribution in [0.3, 0.4) is 0 Å². The van der Waals surface area contributed by atoms with Crippen LogP contribution in [0.2, 0.25) is 0 Å². The standard InChI is InChI=1S/C27H24FNO6/c1-33-22-8-3-13(9-23(22)34-2)21(30)12-35-14-4-7-20(19(28)10-14)29-26(31)24-15-5-6-16(18-11-17(15)18)25(24)27(29)32/h3-10,15-18,24-25H,11-12H2,1-2H3/t15-,16+,17+,18-,24-,25+. The molecule has 6 atom stereocenters. The minimum atomic E-state index is -0.744. The summed E-state index contributed by atoms with van der Waals surface area (Å²) >= 11 is 0. The van der Waals surface area contributed by atoms with E-state index in [2.05, 4.69) is 12.2 Å². The second kappa shape index (κ2) is 7.93. The molecule has 180 valence electrons. The number of hydrogen-bond acceptors (Lipinski definition) is 6. The molecular formula is C27H24FNO6. The average molecular weight is 477 g/mol. The highest BCUT2D eigenvalue weighted by Crippen LogP contribution is 2.65. The largest absolute Gasteiger partial charge is 0.493 e. The fraction of sp³-hybridized carbons (Fsp3) is 0.370. The summed E-state index contributed by atoms with van der Waals surface area (Å²) in [5.74, 6) is -0.358. The number of Topliss-reactive ketones (excluding diaryl/α,β-unsaturated/α-hetero) is 1. The third-order valence-electron chi connectivity index (χ3n) is 7.90. The van der Waals surface area contributed by atoms with Gasteiger partial charge in [-0.2, -0.15) is 0 Å². The van der Waals surface area contributed by atoms with Gasteiger partial charge in [0.1, 0.15) is 5.75 Å².